The number of aromatic nitrogens is 5. The van der Waals surface area contributed by atoms with Gasteiger partial charge in [-0.25, -0.2) is 4.98 Å². The van der Waals surface area contributed by atoms with Gasteiger partial charge in [0.1, 0.15) is 11.5 Å². The molecule has 28 heavy (non-hydrogen) atoms. The Hall–Kier alpha value is -3.48. The Balaban J connectivity index is 1.53. The molecule has 4 rings (SSSR count). The van der Waals surface area contributed by atoms with Crippen molar-refractivity contribution in [1.29, 1.82) is 0 Å². The fourth-order valence-corrected chi connectivity index (χ4v) is 3.32. The fraction of sp³-hybridized carbons (Fsp3) is 0.238. The van der Waals surface area contributed by atoms with Crippen molar-refractivity contribution in [3.63, 3.8) is 0 Å². The predicted molar refractivity (Wildman–Crippen MR) is 107 cm³/mol. The van der Waals surface area contributed by atoms with Crippen LogP contribution in [0.2, 0.25) is 0 Å². The second kappa shape index (κ2) is 7.64. The van der Waals surface area contributed by atoms with Gasteiger partial charge >= 0.3 is 0 Å². The van der Waals surface area contributed by atoms with Gasteiger partial charge in [-0.2, -0.15) is 5.10 Å². The van der Waals surface area contributed by atoms with E-state index in [9.17, 15) is 4.79 Å². The van der Waals surface area contributed by atoms with Crippen LogP contribution in [0.3, 0.4) is 0 Å². The lowest BCUT2D eigenvalue weighted by Gasteiger charge is -2.19. The number of para-hydroxylation sites is 2. The number of amides is 1. The number of hydrogen-bond donors (Lipinski definition) is 1. The SMILES string of the molecule is CCN(Cc1ccncc1)C(=O)c1cc(Cn2c(C)nc3ccccc32)[nH]n1. The molecule has 0 radical (unpaired) electrons. The van der Waals surface area contributed by atoms with E-state index in [1.807, 2.05) is 56.3 Å². The highest BCUT2D eigenvalue weighted by Crippen LogP contribution is 2.17. The molecule has 0 atom stereocenters. The van der Waals surface area contributed by atoms with E-state index in [-0.39, 0.29) is 5.91 Å². The Morgan fingerprint density at radius 3 is 2.75 bits per heavy atom. The number of benzene rings is 1. The molecule has 0 spiro atoms. The zero-order valence-corrected chi connectivity index (χ0v) is 16.0. The van der Waals surface area contributed by atoms with Crippen molar-refractivity contribution in [2.75, 3.05) is 6.54 Å². The number of fused-ring (bicyclic) bond motifs is 1. The summed E-state index contributed by atoms with van der Waals surface area (Å²) in [6, 6.07) is 13.7. The summed E-state index contributed by atoms with van der Waals surface area (Å²) in [6.07, 6.45) is 3.47. The van der Waals surface area contributed by atoms with E-state index in [0.29, 0.717) is 25.3 Å². The van der Waals surface area contributed by atoms with Crippen molar-refractivity contribution in [1.82, 2.24) is 29.6 Å². The van der Waals surface area contributed by atoms with Crippen LogP contribution in [-0.2, 0) is 13.1 Å². The van der Waals surface area contributed by atoms with Gasteiger partial charge in [0, 0.05) is 25.5 Å². The second-order valence-corrected chi connectivity index (χ2v) is 6.69. The van der Waals surface area contributed by atoms with E-state index in [1.54, 1.807) is 17.3 Å². The summed E-state index contributed by atoms with van der Waals surface area (Å²) < 4.78 is 2.12. The molecule has 142 valence electrons. The minimum Gasteiger partial charge on any atom is -0.333 e. The lowest BCUT2D eigenvalue weighted by Crippen LogP contribution is -2.30. The summed E-state index contributed by atoms with van der Waals surface area (Å²) in [5.74, 6) is 0.838. The Morgan fingerprint density at radius 1 is 1.18 bits per heavy atom. The van der Waals surface area contributed by atoms with Crippen LogP contribution in [0.4, 0.5) is 0 Å². The smallest absolute Gasteiger partial charge is 0.274 e. The number of aromatic amines is 1. The maximum absolute atomic E-state index is 12.9. The van der Waals surface area contributed by atoms with Gasteiger partial charge in [-0.15, -0.1) is 0 Å². The molecule has 0 aliphatic heterocycles. The minimum absolute atomic E-state index is 0.0889. The predicted octanol–water partition coefficient (Wildman–Crippen LogP) is 3.17. The van der Waals surface area contributed by atoms with Crippen LogP contribution in [0.25, 0.3) is 11.0 Å². The fourth-order valence-electron chi connectivity index (χ4n) is 3.32. The van der Waals surface area contributed by atoms with Gasteiger partial charge in [0.2, 0.25) is 0 Å². The number of pyridine rings is 1. The molecule has 1 amide bonds. The highest BCUT2D eigenvalue weighted by Gasteiger charge is 2.18. The lowest BCUT2D eigenvalue weighted by atomic mass is 10.2. The molecule has 0 unspecified atom stereocenters. The Labute approximate surface area is 163 Å². The van der Waals surface area contributed by atoms with Crippen LogP contribution in [0.5, 0.6) is 0 Å². The number of nitrogens with zero attached hydrogens (tertiary/aromatic N) is 5. The average Bonchev–Trinajstić information content (AvgIpc) is 3.31. The van der Waals surface area contributed by atoms with Crippen molar-refractivity contribution < 1.29 is 4.79 Å². The van der Waals surface area contributed by atoms with Gasteiger partial charge < -0.3 is 9.47 Å². The number of carbonyl (C=O) groups is 1. The van der Waals surface area contributed by atoms with Crippen molar-refractivity contribution >= 4 is 16.9 Å². The molecule has 0 aliphatic rings. The first kappa shape index (κ1) is 17.9. The average molecular weight is 374 g/mol. The van der Waals surface area contributed by atoms with E-state index in [4.69, 9.17) is 0 Å². The van der Waals surface area contributed by atoms with E-state index in [2.05, 4.69) is 24.7 Å². The van der Waals surface area contributed by atoms with E-state index < -0.39 is 0 Å². The van der Waals surface area contributed by atoms with Gasteiger partial charge in [-0.1, -0.05) is 12.1 Å². The Bertz CT molecular complexity index is 1100. The third kappa shape index (κ3) is 3.51. The lowest BCUT2D eigenvalue weighted by molar-refractivity contribution is 0.0746. The standard InChI is InChI=1S/C21H22N6O/c1-3-26(13-16-8-10-22-11-9-16)21(28)19-12-17(24-25-19)14-27-15(2)23-18-6-4-5-7-20(18)27/h4-12H,3,13-14H2,1-2H3,(H,24,25). The number of H-pyrrole nitrogens is 1. The summed E-state index contributed by atoms with van der Waals surface area (Å²) in [4.78, 5) is 23.3. The molecular weight excluding hydrogens is 352 g/mol. The molecule has 0 fully saturated rings. The number of hydrogen-bond acceptors (Lipinski definition) is 4. The first-order valence-corrected chi connectivity index (χ1v) is 9.30. The molecule has 1 aromatic carbocycles. The molecule has 0 aliphatic carbocycles. The molecule has 7 heteroatoms. The van der Waals surface area contributed by atoms with Crippen molar-refractivity contribution in [3.05, 3.63) is 77.6 Å². The molecule has 3 heterocycles. The molecule has 0 saturated carbocycles. The zero-order chi connectivity index (χ0) is 19.5. The van der Waals surface area contributed by atoms with Crippen LogP contribution in [0.1, 0.15) is 34.5 Å². The zero-order valence-electron chi connectivity index (χ0n) is 16.0. The van der Waals surface area contributed by atoms with Gasteiger partial charge in [-0.05, 0) is 49.7 Å². The van der Waals surface area contributed by atoms with Crippen LogP contribution in [0.15, 0.2) is 54.9 Å². The maximum Gasteiger partial charge on any atom is 0.274 e. The first-order valence-electron chi connectivity index (χ1n) is 9.30. The van der Waals surface area contributed by atoms with Gasteiger partial charge in [0.05, 0.1) is 23.3 Å². The Morgan fingerprint density at radius 2 is 1.96 bits per heavy atom. The summed E-state index contributed by atoms with van der Waals surface area (Å²) in [5, 5.41) is 7.26. The first-order chi connectivity index (χ1) is 13.7. The van der Waals surface area contributed by atoms with Crippen LogP contribution >= 0.6 is 0 Å². The molecule has 0 bridgehead atoms. The van der Waals surface area contributed by atoms with Crippen molar-refractivity contribution in [3.8, 4) is 0 Å². The van der Waals surface area contributed by atoms with Gasteiger partial charge in [-0.3, -0.25) is 14.9 Å². The topological polar surface area (TPSA) is 79.7 Å². The van der Waals surface area contributed by atoms with E-state index >= 15 is 0 Å². The second-order valence-electron chi connectivity index (χ2n) is 6.69. The summed E-state index contributed by atoms with van der Waals surface area (Å²) in [6.45, 7) is 5.67. The van der Waals surface area contributed by atoms with E-state index in [1.165, 1.54) is 0 Å². The normalized spacial score (nSPS) is 11.1. The molecule has 3 aromatic heterocycles. The molecule has 0 saturated heterocycles. The highest BCUT2D eigenvalue weighted by molar-refractivity contribution is 5.92. The van der Waals surface area contributed by atoms with Crippen LogP contribution in [-0.4, -0.2) is 42.1 Å². The quantitative estimate of drug-likeness (QED) is 0.562. The molecule has 7 nitrogen and oxygen atoms in total. The molecule has 1 N–H and O–H groups in total. The third-order valence-electron chi connectivity index (χ3n) is 4.82. The summed E-state index contributed by atoms with van der Waals surface area (Å²) in [5.41, 5.74) is 4.37. The summed E-state index contributed by atoms with van der Waals surface area (Å²) >= 11 is 0. The van der Waals surface area contributed by atoms with Gasteiger partial charge in [0.15, 0.2) is 0 Å². The number of nitrogens with one attached hydrogen (secondary N) is 1. The molecule has 4 aromatic rings. The number of carbonyl (C=O) groups excluding carboxylic acids is 1. The molecular formula is C21H22N6O. The number of rotatable bonds is 6. The van der Waals surface area contributed by atoms with Crippen LogP contribution < -0.4 is 0 Å². The largest absolute Gasteiger partial charge is 0.333 e. The van der Waals surface area contributed by atoms with Crippen molar-refractivity contribution in [2.45, 2.75) is 26.9 Å². The maximum atomic E-state index is 12.9. The highest BCUT2D eigenvalue weighted by atomic mass is 16.2. The Kier molecular flexibility index (Phi) is 4.89. The number of imidazole rings is 1. The minimum atomic E-state index is -0.0889. The third-order valence-corrected chi connectivity index (χ3v) is 4.82. The number of aryl methyl sites for hydroxylation is 1. The van der Waals surface area contributed by atoms with Gasteiger partial charge in [0.25, 0.3) is 5.91 Å². The monoisotopic (exact) mass is 374 g/mol. The summed E-state index contributed by atoms with van der Waals surface area (Å²) in [7, 11) is 0. The van der Waals surface area contributed by atoms with Crippen LogP contribution in [0, 0.1) is 6.92 Å². The van der Waals surface area contributed by atoms with Crippen molar-refractivity contribution in [2.24, 2.45) is 0 Å². The van der Waals surface area contributed by atoms with E-state index in [0.717, 1.165) is 28.1 Å².